The van der Waals surface area contributed by atoms with Crippen molar-refractivity contribution in [2.75, 3.05) is 13.2 Å². The summed E-state index contributed by atoms with van der Waals surface area (Å²) in [5, 5.41) is 0. The fraction of sp³-hybridized carbons (Fsp3) is 0.300. The van der Waals surface area contributed by atoms with Crippen molar-refractivity contribution < 1.29 is 19.1 Å². The van der Waals surface area contributed by atoms with E-state index in [2.05, 4.69) is 0 Å². The van der Waals surface area contributed by atoms with Gasteiger partial charge in [0.1, 0.15) is 5.75 Å². The predicted octanol–water partition coefficient (Wildman–Crippen LogP) is 3.48. The van der Waals surface area contributed by atoms with E-state index in [1.807, 2.05) is 56.7 Å². The Labute approximate surface area is 147 Å². The third-order valence-corrected chi connectivity index (χ3v) is 4.02. The number of aromatic nitrogens is 1. The highest BCUT2D eigenvalue weighted by Crippen LogP contribution is 2.15. The summed E-state index contributed by atoms with van der Waals surface area (Å²) in [5.74, 6) is 0.0258. The summed E-state index contributed by atoms with van der Waals surface area (Å²) >= 11 is 0. The monoisotopic (exact) mass is 341 g/mol. The molecule has 0 saturated heterocycles. The Morgan fingerprint density at radius 3 is 2.40 bits per heavy atom. The second-order valence-corrected chi connectivity index (χ2v) is 5.71. The van der Waals surface area contributed by atoms with E-state index in [0.29, 0.717) is 12.2 Å². The molecule has 25 heavy (non-hydrogen) atoms. The van der Waals surface area contributed by atoms with Gasteiger partial charge in [-0.2, -0.15) is 0 Å². The van der Waals surface area contributed by atoms with E-state index < -0.39 is 5.97 Å². The summed E-state index contributed by atoms with van der Waals surface area (Å²) in [6.45, 7) is 6.05. The van der Waals surface area contributed by atoms with Gasteiger partial charge in [0.15, 0.2) is 6.61 Å². The van der Waals surface area contributed by atoms with Crippen LogP contribution in [0.2, 0.25) is 0 Å². The van der Waals surface area contributed by atoms with Crippen LogP contribution in [0.25, 0.3) is 6.08 Å². The number of esters is 1. The summed E-state index contributed by atoms with van der Waals surface area (Å²) in [5.41, 5.74) is 3.29. The molecule has 0 N–H and O–H groups in total. The number of rotatable bonds is 7. The number of carbonyl (C=O) groups excluding carboxylic acids is 2. The largest absolute Gasteiger partial charge is 0.494 e. The number of nitrogens with zero attached hydrogens (tertiary/aromatic N) is 1. The number of ether oxygens (including phenoxy) is 2. The van der Waals surface area contributed by atoms with Crippen LogP contribution in [-0.2, 0) is 16.6 Å². The Balaban J connectivity index is 1.89. The number of ketones is 1. The van der Waals surface area contributed by atoms with Gasteiger partial charge in [-0.3, -0.25) is 4.79 Å². The summed E-state index contributed by atoms with van der Waals surface area (Å²) in [6.07, 6.45) is 2.95. The zero-order chi connectivity index (χ0) is 18.4. The van der Waals surface area contributed by atoms with Gasteiger partial charge in [-0.05, 0) is 50.6 Å². The van der Waals surface area contributed by atoms with E-state index in [0.717, 1.165) is 22.7 Å². The van der Waals surface area contributed by atoms with Gasteiger partial charge in [-0.1, -0.05) is 12.1 Å². The molecule has 1 heterocycles. The maximum Gasteiger partial charge on any atom is 0.331 e. The molecule has 5 heteroatoms. The minimum Gasteiger partial charge on any atom is -0.494 e. The van der Waals surface area contributed by atoms with Gasteiger partial charge in [0.25, 0.3) is 0 Å². The highest BCUT2D eigenvalue weighted by Gasteiger charge is 2.15. The quantitative estimate of drug-likeness (QED) is 0.439. The van der Waals surface area contributed by atoms with Crippen LogP contribution < -0.4 is 4.74 Å². The van der Waals surface area contributed by atoms with E-state index in [-0.39, 0.29) is 12.4 Å². The Bertz CT molecular complexity index is 785. The molecule has 0 spiro atoms. The van der Waals surface area contributed by atoms with E-state index in [9.17, 15) is 9.59 Å². The third-order valence-electron chi connectivity index (χ3n) is 4.02. The first-order valence-corrected chi connectivity index (χ1v) is 8.16. The molecule has 0 fully saturated rings. The number of carbonyl (C=O) groups is 2. The number of aryl methyl sites for hydroxylation is 1. The first kappa shape index (κ1) is 18.5. The molecule has 2 rings (SSSR count). The van der Waals surface area contributed by atoms with Crippen molar-refractivity contribution in [1.29, 1.82) is 0 Å². The molecule has 0 radical (unpaired) electrons. The molecule has 0 aliphatic heterocycles. The van der Waals surface area contributed by atoms with Gasteiger partial charge < -0.3 is 14.0 Å². The molecule has 0 unspecified atom stereocenters. The summed E-state index contributed by atoms with van der Waals surface area (Å²) in [6, 6.07) is 9.16. The lowest BCUT2D eigenvalue weighted by atomic mass is 10.1. The highest BCUT2D eigenvalue weighted by molar-refractivity contribution is 6.00. The molecule has 0 aliphatic rings. The molecule has 132 valence electrons. The SMILES string of the molecule is CCOc1ccc(/C=C/C(=O)OCC(=O)c2cc(C)n(C)c2C)cc1. The molecule has 0 saturated carbocycles. The lowest BCUT2D eigenvalue weighted by Gasteiger charge is -2.03. The maximum absolute atomic E-state index is 12.2. The molecular weight excluding hydrogens is 318 g/mol. The summed E-state index contributed by atoms with van der Waals surface area (Å²) in [4.78, 5) is 24.0. The number of Topliss-reactive ketones (excluding diaryl/α,β-unsaturated/α-hetero) is 1. The van der Waals surface area contributed by atoms with Crippen molar-refractivity contribution in [2.45, 2.75) is 20.8 Å². The predicted molar refractivity (Wildman–Crippen MR) is 96.8 cm³/mol. The van der Waals surface area contributed by atoms with E-state index in [4.69, 9.17) is 9.47 Å². The van der Waals surface area contributed by atoms with Gasteiger partial charge in [0, 0.05) is 30.1 Å². The van der Waals surface area contributed by atoms with Crippen molar-refractivity contribution in [2.24, 2.45) is 7.05 Å². The van der Waals surface area contributed by atoms with Crippen molar-refractivity contribution in [1.82, 2.24) is 4.57 Å². The second kappa shape index (κ2) is 8.33. The van der Waals surface area contributed by atoms with Crippen molar-refractivity contribution in [3.63, 3.8) is 0 Å². The fourth-order valence-corrected chi connectivity index (χ4v) is 2.41. The van der Waals surface area contributed by atoms with Crippen LogP contribution in [-0.4, -0.2) is 29.5 Å². The smallest absolute Gasteiger partial charge is 0.331 e. The summed E-state index contributed by atoms with van der Waals surface area (Å²) in [7, 11) is 1.90. The van der Waals surface area contributed by atoms with Gasteiger partial charge >= 0.3 is 5.97 Å². The van der Waals surface area contributed by atoms with E-state index in [1.54, 1.807) is 12.1 Å². The molecule has 0 atom stereocenters. The second-order valence-electron chi connectivity index (χ2n) is 5.71. The van der Waals surface area contributed by atoms with Crippen molar-refractivity contribution >= 4 is 17.8 Å². The average molecular weight is 341 g/mol. The molecule has 0 bridgehead atoms. The molecule has 0 amide bonds. The van der Waals surface area contributed by atoms with Gasteiger partial charge in [0.05, 0.1) is 6.61 Å². The molecule has 1 aromatic heterocycles. The number of hydrogen-bond acceptors (Lipinski definition) is 4. The van der Waals surface area contributed by atoms with Gasteiger partial charge in [-0.15, -0.1) is 0 Å². The van der Waals surface area contributed by atoms with E-state index in [1.165, 1.54) is 6.08 Å². The average Bonchev–Trinajstić information content (AvgIpc) is 2.87. The Morgan fingerprint density at radius 2 is 1.84 bits per heavy atom. The minimum atomic E-state index is -0.549. The molecule has 2 aromatic rings. The van der Waals surface area contributed by atoms with Crippen molar-refractivity contribution in [3.8, 4) is 5.75 Å². The van der Waals surface area contributed by atoms with Crippen LogP contribution in [0.5, 0.6) is 5.75 Å². The normalized spacial score (nSPS) is 10.9. The van der Waals surface area contributed by atoms with E-state index >= 15 is 0 Å². The lowest BCUT2D eigenvalue weighted by molar-refractivity contribution is -0.136. The molecule has 0 aliphatic carbocycles. The number of benzene rings is 1. The van der Waals surface area contributed by atoms with Crippen LogP contribution in [0.15, 0.2) is 36.4 Å². The van der Waals surface area contributed by atoms with Crippen LogP contribution >= 0.6 is 0 Å². The molecular formula is C20H23NO4. The van der Waals surface area contributed by atoms with Crippen molar-refractivity contribution in [3.05, 3.63) is 58.9 Å². The number of hydrogen-bond donors (Lipinski definition) is 0. The Hall–Kier alpha value is -2.82. The van der Waals surface area contributed by atoms with Crippen LogP contribution in [0, 0.1) is 13.8 Å². The first-order chi connectivity index (χ1) is 11.9. The first-order valence-electron chi connectivity index (χ1n) is 8.16. The third kappa shape index (κ3) is 4.83. The van der Waals surface area contributed by atoms with Crippen LogP contribution in [0.3, 0.4) is 0 Å². The zero-order valence-corrected chi connectivity index (χ0v) is 15.0. The maximum atomic E-state index is 12.2. The molecule has 1 aromatic carbocycles. The summed E-state index contributed by atoms with van der Waals surface area (Å²) < 4.78 is 12.3. The minimum absolute atomic E-state index is 0.205. The fourth-order valence-electron chi connectivity index (χ4n) is 2.41. The van der Waals surface area contributed by atoms with Crippen LogP contribution in [0.4, 0.5) is 0 Å². The Morgan fingerprint density at radius 1 is 1.16 bits per heavy atom. The van der Waals surface area contributed by atoms with Gasteiger partial charge in [0.2, 0.25) is 5.78 Å². The zero-order valence-electron chi connectivity index (χ0n) is 15.0. The van der Waals surface area contributed by atoms with Gasteiger partial charge in [-0.25, -0.2) is 4.79 Å². The standard InChI is InChI=1S/C20H23NO4/c1-5-24-17-9-6-16(7-10-17)8-11-20(23)25-13-19(22)18-12-14(2)21(4)15(18)3/h6-12H,5,13H2,1-4H3/b11-8+. The topological polar surface area (TPSA) is 57.5 Å². The van der Waals surface area contributed by atoms with Crippen LogP contribution in [0.1, 0.15) is 34.2 Å². The Kier molecular flexibility index (Phi) is 6.17. The highest BCUT2D eigenvalue weighted by atomic mass is 16.5. The molecule has 5 nitrogen and oxygen atoms in total. The lowest BCUT2D eigenvalue weighted by Crippen LogP contribution is -2.13.